The maximum atomic E-state index is 11.8. The molecular weight excluding hydrogens is 532 g/mol. The van der Waals surface area contributed by atoms with E-state index in [4.69, 9.17) is 32.8 Å². The molecule has 0 aliphatic carbocycles. The molecule has 220 valence electrons. The van der Waals surface area contributed by atoms with Crippen LogP contribution in [0.5, 0.6) is 28.7 Å². The van der Waals surface area contributed by atoms with Crippen LogP contribution in [-0.2, 0) is 19.1 Å². The zero-order valence-corrected chi connectivity index (χ0v) is 26.5. The molecule has 0 unspecified atom stereocenters. The molecule has 40 heavy (non-hydrogen) atoms. The van der Waals surface area contributed by atoms with Crippen molar-refractivity contribution in [3.63, 3.8) is 0 Å². The second-order valence-corrected chi connectivity index (χ2v) is 15.4. The van der Waals surface area contributed by atoms with Gasteiger partial charge in [-0.05, 0) is 59.1 Å². The van der Waals surface area contributed by atoms with Crippen LogP contribution < -0.4 is 23.4 Å². The third-order valence-electron chi connectivity index (χ3n) is 6.83. The van der Waals surface area contributed by atoms with Gasteiger partial charge in [0.15, 0.2) is 17.2 Å². The summed E-state index contributed by atoms with van der Waals surface area (Å²) >= 11 is 0. The number of benzene rings is 2. The molecule has 0 heterocycles. The number of esters is 2. The number of carbonyl (C=O) groups is 2. The lowest BCUT2D eigenvalue weighted by atomic mass is 9.92. The smallest absolute Gasteiger partial charge is 0.302 e. The molecule has 0 aromatic heterocycles. The quantitative estimate of drug-likeness (QED) is 0.222. The first-order chi connectivity index (χ1) is 18.7. The lowest BCUT2D eigenvalue weighted by molar-refractivity contribution is -0.141. The molecule has 2 rings (SSSR count). The summed E-state index contributed by atoms with van der Waals surface area (Å²) in [6.45, 7) is 13.2. The predicted octanol–water partition coefficient (Wildman–Crippen LogP) is 6.03. The highest BCUT2D eigenvalue weighted by molar-refractivity contribution is 6.74. The van der Waals surface area contributed by atoms with Crippen LogP contribution in [0, 0.1) is 0 Å². The molecule has 0 radical (unpaired) electrons. The molecule has 0 bridgehead atoms. The number of methoxy groups -OCH3 is 4. The summed E-state index contributed by atoms with van der Waals surface area (Å²) in [6.07, 6.45) is 0. The first kappa shape index (κ1) is 32.5. The van der Waals surface area contributed by atoms with Crippen molar-refractivity contribution in [2.24, 2.45) is 0 Å². The highest BCUT2D eigenvalue weighted by Crippen LogP contribution is 2.44. The van der Waals surface area contributed by atoms with Gasteiger partial charge in [0.1, 0.15) is 19.0 Å². The van der Waals surface area contributed by atoms with Crippen LogP contribution in [0.2, 0.25) is 18.1 Å². The average Bonchev–Trinajstić information content (AvgIpc) is 2.88. The highest BCUT2D eigenvalue weighted by Gasteiger charge is 2.39. The highest BCUT2D eigenvalue weighted by atomic mass is 28.4. The predicted molar refractivity (Wildman–Crippen MR) is 156 cm³/mol. The van der Waals surface area contributed by atoms with E-state index in [1.807, 2.05) is 18.2 Å². The normalized spacial score (nSPS) is 11.3. The van der Waals surface area contributed by atoms with Crippen molar-refractivity contribution in [3.8, 4) is 28.7 Å². The molecule has 9 nitrogen and oxygen atoms in total. The van der Waals surface area contributed by atoms with Gasteiger partial charge in [-0.3, -0.25) is 9.59 Å². The van der Waals surface area contributed by atoms with Crippen molar-refractivity contribution in [2.75, 3.05) is 41.7 Å². The van der Waals surface area contributed by atoms with Gasteiger partial charge in [-0.25, -0.2) is 0 Å². The third kappa shape index (κ3) is 7.94. The number of hydrogen-bond donors (Lipinski definition) is 0. The van der Waals surface area contributed by atoms with E-state index in [0.29, 0.717) is 45.5 Å². The second kappa shape index (κ2) is 13.6. The number of rotatable bonds is 12. The number of hydrogen-bond acceptors (Lipinski definition) is 9. The van der Waals surface area contributed by atoms with Crippen molar-refractivity contribution in [2.45, 2.75) is 52.8 Å². The van der Waals surface area contributed by atoms with Gasteiger partial charge in [-0.15, -0.1) is 0 Å². The third-order valence-corrected chi connectivity index (χ3v) is 11.2. The SMILES string of the molecule is COc1ccc(C(=C(COC(C)=O)COC(C)=O)c2cc(OC)c(OC)c(OC)c2)cc1O[Si](C)(C)C(C)(C)C. The van der Waals surface area contributed by atoms with Crippen molar-refractivity contribution < 1.29 is 42.4 Å². The minimum Gasteiger partial charge on any atom is -0.541 e. The first-order valence-electron chi connectivity index (χ1n) is 12.9. The summed E-state index contributed by atoms with van der Waals surface area (Å²) in [5.41, 5.74) is 2.57. The second-order valence-electron chi connectivity index (χ2n) is 10.7. The van der Waals surface area contributed by atoms with E-state index in [0.717, 1.165) is 5.56 Å². The van der Waals surface area contributed by atoms with Crippen LogP contribution in [0.3, 0.4) is 0 Å². The molecule has 2 aromatic carbocycles. The Hall–Kier alpha value is -3.66. The van der Waals surface area contributed by atoms with Crippen LogP contribution in [-0.4, -0.2) is 61.9 Å². The summed E-state index contributed by atoms with van der Waals surface area (Å²) in [7, 11) is 3.93. The van der Waals surface area contributed by atoms with Gasteiger partial charge in [0.2, 0.25) is 5.75 Å². The zero-order chi connectivity index (χ0) is 30.3. The molecule has 0 spiro atoms. The molecule has 0 fully saturated rings. The van der Waals surface area contributed by atoms with Crippen LogP contribution in [0.1, 0.15) is 45.7 Å². The van der Waals surface area contributed by atoms with Gasteiger partial charge in [0.25, 0.3) is 8.32 Å². The fourth-order valence-corrected chi connectivity index (χ4v) is 4.72. The van der Waals surface area contributed by atoms with E-state index < -0.39 is 20.3 Å². The van der Waals surface area contributed by atoms with Crippen molar-refractivity contribution in [1.29, 1.82) is 0 Å². The van der Waals surface area contributed by atoms with E-state index in [1.54, 1.807) is 19.2 Å². The van der Waals surface area contributed by atoms with Crippen LogP contribution in [0.25, 0.3) is 5.57 Å². The van der Waals surface area contributed by atoms with E-state index >= 15 is 0 Å². The van der Waals surface area contributed by atoms with Crippen LogP contribution in [0.4, 0.5) is 0 Å². The Morgan fingerprint density at radius 3 is 1.57 bits per heavy atom. The monoisotopic (exact) mass is 574 g/mol. The number of carbonyl (C=O) groups excluding carboxylic acids is 2. The Kier molecular flexibility index (Phi) is 11.1. The summed E-state index contributed by atoms with van der Waals surface area (Å²) in [5, 5.41) is -0.0563. The molecule has 0 aliphatic rings. The Bertz CT molecular complexity index is 1200. The minimum atomic E-state index is -2.25. The van der Waals surface area contributed by atoms with Gasteiger partial charge in [0, 0.05) is 19.4 Å². The van der Waals surface area contributed by atoms with Gasteiger partial charge < -0.3 is 32.8 Å². The molecule has 0 aliphatic heterocycles. The summed E-state index contributed by atoms with van der Waals surface area (Å²) in [5.74, 6) is 1.50. The standard InChI is InChI=1S/C30H42O9Si/c1-19(31)37-17-23(18-38-20(2)32)28(22-15-26(34-7)29(36-9)27(16-22)35-8)21-12-13-24(33-6)25(14-21)39-40(10,11)30(3,4)5/h12-16H,17-18H2,1-11H3. The maximum absolute atomic E-state index is 11.8. The molecule has 0 saturated carbocycles. The van der Waals surface area contributed by atoms with Gasteiger partial charge in [-0.2, -0.15) is 0 Å². The Balaban J connectivity index is 2.94. The van der Waals surface area contributed by atoms with Crippen molar-refractivity contribution in [3.05, 3.63) is 47.0 Å². The topological polar surface area (TPSA) is 98.8 Å². The van der Waals surface area contributed by atoms with Crippen molar-refractivity contribution >= 4 is 25.8 Å². The van der Waals surface area contributed by atoms with Crippen LogP contribution >= 0.6 is 0 Å². The van der Waals surface area contributed by atoms with E-state index in [9.17, 15) is 9.59 Å². The summed E-state index contributed by atoms with van der Waals surface area (Å²) in [6, 6.07) is 9.16. The fourth-order valence-electron chi connectivity index (χ4n) is 3.70. The maximum Gasteiger partial charge on any atom is 0.302 e. The largest absolute Gasteiger partial charge is 0.541 e. The molecule has 0 atom stereocenters. The molecule has 10 heteroatoms. The van der Waals surface area contributed by atoms with Gasteiger partial charge >= 0.3 is 11.9 Å². The molecule has 0 saturated heterocycles. The van der Waals surface area contributed by atoms with E-state index in [1.165, 1.54) is 35.2 Å². The lowest BCUT2D eigenvalue weighted by Crippen LogP contribution is -2.43. The number of ether oxygens (including phenoxy) is 6. The Labute approximate surface area is 238 Å². The van der Waals surface area contributed by atoms with Gasteiger partial charge in [-0.1, -0.05) is 26.8 Å². The zero-order valence-electron chi connectivity index (χ0n) is 25.5. The van der Waals surface area contributed by atoms with Gasteiger partial charge in [0.05, 0.1) is 28.4 Å². The summed E-state index contributed by atoms with van der Waals surface area (Å²) in [4.78, 5) is 23.6. The minimum absolute atomic E-state index is 0.0563. The molecule has 0 N–H and O–H groups in total. The fraction of sp³-hybridized carbons (Fsp3) is 0.467. The summed E-state index contributed by atoms with van der Waals surface area (Å²) < 4.78 is 39.8. The average molecular weight is 575 g/mol. The van der Waals surface area contributed by atoms with Crippen molar-refractivity contribution in [1.82, 2.24) is 0 Å². The molecule has 2 aromatic rings. The van der Waals surface area contributed by atoms with Crippen LogP contribution in [0.15, 0.2) is 35.9 Å². The lowest BCUT2D eigenvalue weighted by Gasteiger charge is -2.37. The van der Waals surface area contributed by atoms with E-state index in [-0.39, 0.29) is 18.3 Å². The molecular formula is C30H42O9Si. The Morgan fingerprint density at radius 1 is 0.700 bits per heavy atom. The Morgan fingerprint density at radius 2 is 1.18 bits per heavy atom. The first-order valence-corrected chi connectivity index (χ1v) is 15.8. The van der Waals surface area contributed by atoms with E-state index in [2.05, 4.69) is 33.9 Å². The molecule has 0 amide bonds.